The molecule has 0 aliphatic carbocycles. The van der Waals surface area contributed by atoms with Gasteiger partial charge in [-0.25, -0.2) is 0 Å². The molecule has 10 heteroatoms. The van der Waals surface area contributed by atoms with Crippen LogP contribution in [-0.4, -0.2) is 27.7 Å². The molecule has 1 aliphatic rings. The predicted octanol–water partition coefficient (Wildman–Crippen LogP) is 5.02. The Morgan fingerprint density at radius 2 is 1.82 bits per heavy atom. The van der Waals surface area contributed by atoms with Crippen molar-refractivity contribution in [3.8, 4) is 5.75 Å². The van der Waals surface area contributed by atoms with Crippen LogP contribution in [0, 0.1) is 10.1 Å². The zero-order chi connectivity index (χ0) is 24.1. The Kier molecular flexibility index (Phi) is 7.00. The number of anilines is 2. The van der Waals surface area contributed by atoms with Crippen molar-refractivity contribution < 1.29 is 19.2 Å². The zero-order valence-corrected chi connectivity index (χ0v) is 19.2. The molecule has 1 aliphatic heterocycles. The van der Waals surface area contributed by atoms with Crippen LogP contribution >= 0.6 is 24.0 Å². The lowest BCUT2D eigenvalue weighted by molar-refractivity contribution is -0.384. The van der Waals surface area contributed by atoms with Gasteiger partial charge >= 0.3 is 0 Å². The molecule has 0 atom stereocenters. The Morgan fingerprint density at radius 3 is 2.59 bits per heavy atom. The van der Waals surface area contributed by atoms with E-state index < -0.39 is 10.8 Å². The molecule has 0 spiro atoms. The molecule has 3 aromatic rings. The number of hydrogen-bond donors (Lipinski definition) is 1. The lowest BCUT2D eigenvalue weighted by Crippen LogP contribution is -2.27. The maximum absolute atomic E-state index is 13.1. The SMILES string of the molecule is O=C(COc1ccccc1/C=C1\SC(=S)N(c2cccc([N+](=O)[O-])c2)C1=O)Nc1ccccc1. The number of thiocarbonyl (C=S) groups is 1. The van der Waals surface area contributed by atoms with Crippen LogP contribution in [0.2, 0.25) is 0 Å². The number of carbonyl (C=O) groups is 2. The fraction of sp³-hybridized carbons (Fsp3) is 0.0417. The van der Waals surface area contributed by atoms with Crippen molar-refractivity contribution in [3.05, 3.63) is 99.4 Å². The van der Waals surface area contributed by atoms with E-state index in [0.717, 1.165) is 11.8 Å². The molecule has 170 valence electrons. The van der Waals surface area contributed by atoms with Crippen LogP contribution in [0.4, 0.5) is 17.1 Å². The van der Waals surface area contributed by atoms with E-state index in [1.165, 1.54) is 23.1 Å². The number of nitrogens with zero attached hydrogens (tertiary/aromatic N) is 2. The van der Waals surface area contributed by atoms with Crippen molar-refractivity contribution in [2.24, 2.45) is 0 Å². The number of ether oxygens (including phenoxy) is 1. The Hall–Kier alpha value is -4.02. The summed E-state index contributed by atoms with van der Waals surface area (Å²) in [5.74, 6) is -0.295. The van der Waals surface area contributed by atoms with Gasteiger partial charge in [0, 0.05) is 23.4 Å². The molecule has 0 saturated carbocycles. The van der Waals surface area contributed by atoms with Gasteiger partial charge in [0.25, 0.3) is 17.5 Å². The van der Waals surface area contributed by atoms with Crippen molar-refractivity contribution in [2.45, 2.75) is 0 Å². The van der Waals surface area contributed by atoms with Crippen molar-refractivity contribution >= 4 is 63.3 Å². The summed E-state index contributed by atoms with van der Waals surface area (Å²) in [6, 6.07) is 21.8. The maximum Gasteiger partial charge on any atom is 0.271 e. The Balaban J connectivity index is 1.50. The first-order valence-corrected chi connectivity index (χ1v) is 11.2. The molecule has 4 rings (SSSR count). The summed E-state index contributed by atoms with van der Waals surface area (Å²) in [6.07, 6.45) is 1.63. The Morgan fingerprint density at radius 1 is 1.09 bits per heavy atom. The number of thioether (sulfide) groups is 1. The summed E-state index contributed by atoms with van der Waals surface area (Å²) in [7, 11) is 0. The molecule has 8 nitrogen and oxygen atoms in total. The minimum Gasteiger partial charge on any atom is -0.483 e. The summed E-state index contributed by atoms with van der Waals surface area (Å²) >= 11 is 6.44. The van der Waals surface area contributed by atoms with E-state index in [1.54, 1.807) is 48.5 Å². The number of nitro benzene ring substituents is 1. The second-order valence-electron chi connectivity index (χ2n) is 7.03. The third kappa shape index (κ3) is 5.30. The molecule has 0 unspecified atom stereocenters. The summed E-state index contributed by atoms with van der Waals surface area (Å²) in [6.45, 7) is -0.214. The smallest absolute Gasteiger partial charge is 0.271 e. The van der Waals surface area contributed by atoms with Crippen LogP contribution in [0.1, 0.15) is 5.56 Å². The molecule has 34 heavy (non-hydrogen) atoms. The molecule has 2 amide bonds. The topological polar surface area (TPSA) is 102 Å². The zero-order valence-electron chi connectivity index (χ0n) is 17.5. The largest absolute Gasteiger partial charge is 0.483 e. The van der Waals surface area contributed by atoms with E-state index in [4.69, 9.17) is 17.0 Å². The third-order valence-corrected chi connectivity index (χ3v) is 6.02. The first kappa shape index (κ1) is 23.1. The molecule has 1 N–H and O–H groups in total. The van der Waals surface area contributed by atoms with Crippen LogP contribution in [0.5, 0.6) is 5.75 Å². The number of nitro groups is 1. The monoisotopic (exact) mass is 491 g/mol. The number of hydrogen-bond acceptors (Lipinski definition) is 7. The quantitative estimate of drug-likeness (QED) is 0.214. The van der Waals surface area contributed by atoms with Gasteiger partial charge in [0.2, 0.25) is 0 Å². The number of nitrogens with one attached hydrogen (secondary N) is 1. The fourth-order valence-corrected chi connectivity index (χ4v) is 4.46. The van der Waals surface area contributed by atoms with E-state index in [0.29, 0.717) is 27.6 Å². The fourth-order valence-electron chi connectivity index (χ4n) is 3.17. The van der Waals surface area contributed by atoms with Crippen molar-refractivity contribution in [2.75, 3.05) is 16.8 Å². The van der Waals surface area contributed by atoms with E-state index in [1.807, 2.05) is 18.2 Å². The standard InChI is InChI=1S/C24H17N3O5S2/c28-22(25-17-8-2-1-3-9-17)15-32-20-12-5-4-7-16(20)13-21-23(29)26(24(33)34-21)18-10-6-11-19(14-18)27(30)31/h1-14H,15H2,(H,25,28)/b21-13-. The molecule has 3 aromatic carbocycles. The van der Waals surface area contributed by atoms with Gasteiger partial charge in [-0.3, -0.25) is 24.6 Å². The first-order valence-electron chi connectivity index (χ1n) is 10.0. The second kappa shape index (κ2) is 10.3. The number of carbonyl (C=O) groups excluding carboxylic acids is 2. The van der Waals surface area contributed by atoms with Gasteiger partial charge in [-0.15, -0.1) is 0 Å². The van der Waals surface area contributed by atoms with Crippen molar-refractivity contribution in [1.29, 1.82) is 0 Å². The van der Waals surface area contributed by atoms with Gasteiger partial charge < -0.3 is 10.1 Å². The van der Waals surface area contributed by atoms with Crippen LogP contribution in [-0.2, 0) is 9.59 Å². The first-order chi connectivity index (χ1) is 16.4. The second-order valence-corrected chi connectivity index (χ2v) is 8.71. The summed E-state index contributed by atoms with van der Waals surface area (Å²) in [5, 5.41) is 13.8. The van der Waals surface area contributed by atoms with Gasteiger partial charge in [-0.2, -0.15) is 0 Å². The number of para-hydroxylation sites is 2. The highest BCUT2D eigenvalue weighted by molar-refractivity contribution is 8.27. The lowest BCUT2D eigenvalue weighted by Gasteiger charge is -2.14. The Bertz CT molecular complexity index is 1310. The summed E-state index contributed by atoms with van der Waals surface area (Å²) in [5.41, 5.74) is 1.44. The lowest BCUT2D eigenvalue weighted by atomic mass is 10.2. The van der Waals surface area contributed by atoms with Crippen LogP contribution in [0.3, 0.4) is 0 Å². The van der Waals surface area contributed by atoms with Gasteiger partial charge in [0.05, 0.1) is 15.5 Å². The minimum atomic E-state index is -0.529. The number of non-ortho nitro benzene ring substituents is 1. The number of amides is 2. The molecule has 1 heterocycles. The normalized spacial score (nSPS) is 14.4. The Labute approximate surface area is 204 Å². The molecule has 0 radical (unpaired) electrons. The van der Waals surface area contributed by atoms with Gasteiger partial charge in [-0.1, -0.05) is 66.4 Å². The van der Waals surface area contributed by atoms with Crippen molar-refractivity contribution in [3.63, 3.8) is 0 Å². The van der Waals surface area contributed by atoms with E-state index in [2.05, 4.69) is 5.32 Å². The average Bonchev–Trinajstić information content (AvgIpc) is 3.11. The van der Waals surface area contributed by atoms with E-state index in [9.17, 15) is 19.7 Å². The molecule has 0 bridgehead atoms. The highest BCUT2D eigenvalue weighted by atomic mass is 32.2. The molecular weight excluding hydrogens is 474 g/mol. The van der Waals surface area contributed by atoms with Crippen LogP contribution < -0.4 is 15.0 Å². The minimum absolute atomic E-state index is 0.136. The van der Waals surface area contributed by atoms with E-state index in [-0.39, 0.29) is 22.5 Å². The van der Waals surface area contributed by atoms with E-state index >= 15 is 0 Å². The molecule has 0 aromatic heterocycles. The third-order valence-electron chi connectivity index (χ3n) is 4.71. The molecule has 1 fully saturated rings. The molecular formula is C24H17N3O5S2. The molecule has 1 saturated heterocycles. The predicted molar refractivity (Wildman–Crippen MR) is 136 cm³/mol. The highest BCUT2D eigenvalue weighted by Crippen LogP contribution is 2.38. The van der Waals surface area contributed by atoms with Gasteiger partial charge in [0.1, 0.15) is 5.75 Å². The maximum atomic E-state index is 13.1. The van der Waals surface area contributed by atoms with Gasteiger partial charge in [-0.05, 0) is 30.3 Å². The average molecular weight is 492 g/mol. The van der Waals surface area contributed by atoms with Crippen molar-refractivity contribution in [1.82, 2.24) is 0 Å². The number of rotatable bonds is 7. The summed E-state index contributed by atoms with van der Waals surface area (Å²) < 4.78 is 5.96. The van der Waals surface area contributed by atoms with Crippen LogP contribution in [0.25, 0.3) is 6.08 Å². The number of benzene rings is 3. The van der Waals surface area contributed by atoms with Gasteiger partial charge in [0.15, 0.2) is 10.9 Å². The summed E-state index contributed by atoms with van der Waals surface area (Å²) in [4.78, 5) is 37.4. The van der Waals surface area contributed by atoms with Crippen LogP contribution in [0.15, 0.2) is 83.8 Å². The highest BCUT2D eigenvalue weighted by Gasteiger charge is 2.34.